The van der Waals surface area contributed by atoms with E-state index in [9.17, 15) is 4.79 Å². The van der Waals surface area contributed by atoms with Gasteiger partial charge in [-0.05, 0) is 42.3 Å². The Bertz CT molecular complexity index is 1330. The van der Waals surface area contributed by atoms with Crippen molar-refractivity contribution in [1.29, 1.82) is 0 Å². The molecule has 5 nitrogen and oxygen atoms in total. The zero-order chi connectivity index (χ0) is 23.1. The molecule has 1 unspecified atom stereocenters. The van der Waals surface area contributed by atoms with E-state index in [1.54, 1.807) is 13.2 Å². The molecule has 0 spiro atoms. The number of amides is 1. The van der Waals surface area contributed by atoms with Crippen molar-refractivity contribution >= 4 is 29.1 Å². The Labute approximate surface area is 201 Å². The molecule has 1 aliphatic rings. The predicted octanol–water partition coefficient (Wildman–Crippen LogP) is 6.45. The van der Waals surface area contributed by atoms with E-state index in [-0.39, 0.29) is 11.9 Å². The number of carbonyl (C=O) groups excluding carboxylic acids is 1. The second-order valence-corrected chi connectivity index (χ2v) is 8.90. The third-order valence-electron chi connectivity index (χ3n) is 5.96. The van der Waals surface area contributed by atoms with E-state index in [1.165, 1.54) is 0 Å². The molecular formula is C26H21Cl2N3O2. The summed E-state index contributed by atoms with van der Waals surface area (Å²) in [6.07, 6.45) is 0. The van der Waals surface area contributed by atoms with Gasteiger partial charge in [-0.1, -0.05) is 71.2 Å². The van der Waals surface area contributed by atoms with Crippen molar-refractivity contribution in [3.8, 4) is 17.0 Å². The monoisotopic (exact) mass is 477 g/mol. The van der Waals surface area contributed by atoms with Crippen molar-refractivity contribution in [2.75, 3.05) is 7.11 Å². The van der Waals surface area contributed by atoms with E-state index in [2.05, 4.69) is 10.2 Å². The van der Waals surface area contributed by atoms with Crippen LogP contribution in [0.4, 0.5) is 0 Å². The number of hydrogen-bond acceptors (Lipinski definition) is 3. The smallest absolute Gasteiger partial charge is 0.273 e. The van der Waals surface area contributed by atoms with Gasteiger partial charge in [-0.25, -0.2) is 0 Å². The minimum Gasteiger partial charge on any atom is -0.497 e. The Kier molecular flexibility index (Phi) is 5.60. The molecule has 1 amide bonds. The maximum atomic E-state index is 13.5. The SMILES string of the molecule is COc1ccc(CN2C(=O)c3[nH]nc(-c4ccc(C)cc4)c3C2c2ccc(Cl)c(Cl)c2)cc1. The molecule has 4 aromatic rings. The van der Waals surface area contributed by atoms with Gasteiger partial charge >= 0.3 is 0 Å². The molecular weight excluding hydrogens is 457 g/mol. The molecule has 0 saturated carbocycles. The quantitative estimate of drug-likeness (QED) is 0.359. The summed E-state index contributed by atoms with van der Waals surface area (Å²) in [6, 6.07) is 21.0. The van der Waals surface area contributed by atoms with Crippen LogP contribution in [-0.4, -0.2) is 28.1 Å². The van der Waals surface area contributed by atoms with Crippen LogP contribution in [0.25, 0.3) is 11.3 Å². The van der Waals surface area contributed by atoms with Gasteiger partial charge in [0, 0.05) is 17.7 Å². The van der Waals surface area contributed by atoms with E-state index in [4.69, 9.17) is 27.9 Å². The molecule has 166 valence electrons. The number of rotatable bonds is 5. The molecule has 1 aliphatic heterocycles. The molecule has 33 heavy (non-hydrogen) atoms. The minimum absolute atomic E-state index is 0.109. The first-order valence-electron chi connectivity index (χ1n) is 10.5. The zero-order valence-corrected chi connectivity index (χ0v) is 19.6. The van der Waals surface area contributed by atoms with Gasteiger partial charge in [-0.15, -0.1) is 0 Å². The van der Waals surface area contributed by atoms with Gasteiger partial charge in [0.05, 0.1) is 28.9 Å². The maximum Gasteiger partial charge on any atom is 0.273 e. The molecule has 0 fully saturated rings. The molecule has 7 heteroatoms. The summed E-state index contributed by atoms with van der Waals surface area (Å²) in [5, 5.41) is 8.42. The number of hydrogen-bond donors (Lipinski definition) is 1. The van der Waals surface area contributed by atoms with Gasteiger partial charge in [0.1, 0.15) is 11.4 Å². The van der Waals surface area contributed by atoms with Crippen LogP contribution < -0.4 is 4.74 Å². The molecule has 0 saturated heterocycles. The van der Waals surface area contributed by atoms with Gasteiger partial charge < -0.3 is 9.64 Å². The molecule has 0 radical (unpaired) electrons. The number of aromatic nitrogens is 2. The Hall–Kier alpha value is -3.28. The Balaban J connectivity index is 1.62. The number of fused-ring (bicyclic) bond motifs is 1. The lowest BCUT2D eigenvalue weighted by Gasteiger charge is -2.27. The second kappa shape index (κ2) is 8.58. The van der Waals surface area contributed by atoms with Gasteiger partial charge in [0.2, 0.25) is 0 Å². The van der Waals surface area contributed by atoms with Crippen molar-refractivity contribution in [1.82, 2.24) is 15.1 Å². The van der Waals surface area contributed by atoms with Crippen LogP contribution in [0.1, 0.15) is 38.8 Å². The third kappa shape index (κ3) is 3.88. The molecule has 1 atom stereocenters. The number of ether oxygens (including phenoxy) is 1. The number of carbonyl (C=O) groups is 1. The first kappa shape index (κ1) is 21.6. The summed E-state index contributed by atoms with van der Waals surface area (Å²) < 4.78 is 5.27. The highest BCUT2D eigenvalue weighted by molar-refractivity contribution is 6.42. The van der Waals surface area contributed by atoms with Crippen molar-refractivity contribution in [2.24, 2.45) is 0 Å². The molecule has 0 aliphatic carbocycles. The van der Waals surface area contributed by atoms with Gasteiger partial charge in [0.25, 0.3) is 5.91 Å². The van der Waals surface area contributed by atoms with Gasteiger partial charge in [-0.2, -0.15) is 5.10 Å². The summed E-state index contributed by atoms with van der Waals surface area (Å²) in [5.41, 5.74) is 6.06. The third-order valence-corrected chi connectivity index (χ3v) is 6.70. The summed E-state index contributed by atoms with van der Waals surface area (Å²) >= 11 is 12.6. The lowest BCUT2D eigenvalue weighted by Crippen LogP contribution is -2.29. The summed E-state index contributed by atoms with van der Waals surface area (Å²) in [6.45, 7) is 2.46. The van der Waals surface area contributed by atoms with Crippen LogP contribution in [0.5, 0.6) is 5.75 Å². The summed E-state index contributed by atoms with van der Waals surface area (Å²) in [7, 11) is 1.63. The summed E-state index contributed by atoms with van der Waals surface area (Å²) in [4.78, 5) is 15.4. The fraction of sp³-hybridized carbons (Fsp3) is 0.154. The molecule has 1 aromatic heterocycles. The van der Waals surface area contributed by atoms with Crippen molar-refractivity contribution in [3.05, 3.63) is 105 Å². The standard InChI is InChI=1S/C26H21Cl2N3O2/c1-15-3-7-17(8-4-15)23-22-24(30-29-23)26(32)31(14-16-5-10-19(33-2)11-6-16)25(22)18-9-12-20(27)21(28)13-18/h3-13,25H,14H2,1-2H3,(H,29,30). The van der Waals surface area contributed by atoms with Crippen molar-refractivity contribution in [3.63, 3.8) is 0 Å². The molecule has 2 heterocycles. The highest BCUT2D eigenvalue weighted by Crippen LogP contribution is 2.44. The number of halogens is 2. The first-order valence-corrected chi connectivity index (χ1v) is 11.3. The predicted molar refractivity (Wildman–Crippen MR) is 130 cm³/mol. The highest BCUT2D eigenvalue weighted by atomic mass is 35.5. The van der Waals surface area contributed by atoms with E-state index in [1.807, 2.05) is 72.5 Å². The van der Waals surface area contributed by atoms with Crippen LogP contribution >= 0.6 is 23.2 Å². The topological polar surface area (TPSA) is 58.2 Å². The second-order valence-electron chi connectivity index (χ2n) is 8.08. The van der Waals surface area contributed by atoms with Crippen molar-refractivity contribution in [2.45, 2.75) is 19.5 Å². The largest absolute Gasteiger partial charge is 0.497 e. The maximum absolute atomic E-state index is 13.5. The van der Waals surface area contributed by atoms with Gasteiger partial charge in [0.15, 0.2) is 0 Å². The zero-order valence-electron chi connectivity index (χ0n) is 18.1. The molecule has 5 rings (SSSR count). The average Bonchev–Trinajstić information content (AvgIpc) is 3.36. The Morgan fingerprint density at radius 2 is 1.73 bits per heavy atom. The number of nitrogens with zero attached hydrogens (tertiary/aromatic N) is 2. The Morgan fingerprint density at radius 3 is 2.39 bits per heavy atom. The minimum atomic E-state index is -0.362. The van der Waals surface area contributed by atoms with Crippen LogP contribution in [0.3, 0.4) is 0 Å². The van der Waals surface area contributed by atoms with Crippen molar-refractivity contribution < 1.29 is 9.53 Å². The van der Waals surface area contributed by atoms with Crippen LogP contribution in [0.15, 0.2) is 66.7 Å². The lowest BCUT2D eigenvalue weighted by molar-refractivity contribution is 0.0730. The van der Waals surface area contributed by atoms with E-state index >= 15 is 0 Å². The normalized spacial score (nSPS) is 15.1. The van der Waals surface area contributed by atoms with Crippen LogP contribution in [-0.2, 0) is 6.54 Å². The van der Waals surface area contributed by atoms with Gasteiger partial charge in [-0.3, -0.25) is 9.89 Å². The lowest BCUT2D eigenvalue weighted by atomic mass is 9.95. The number of methoxy groups -OCH3 is 1. The number of aromatic amines is 1. The molecule has 1 N–H and O–H groups in total. The number of aryl methyl sites for hydroxylation is 1. The summed E-state index contributed by atoms with van der Waals surface area (Å²) in [5.74, 6) is 0.659. The number of nitrogens with one attached hydrogen (secondary N) is 1. The van der Waals surface area contributed by atoms with E-state index in [0.717, 1.165) is 39.3 Å². The number of benzene rings is 3. The van der Waals surface area contributed by atoms with Crippen LogP contribution in [0.2, 0.25) is 10.0 Å². The first-order chi connectivity index (χ1) is 16.0. The van der Waals surface area contributed by atoms with E-state index < -0.39 is 0 Å². The number of H-pyrrole nitrogens is 1. The van der Waals surface area contributed by atoms with Crippen LogP contribution in [0, 0.1) is 6.92 Å². The average molecular weight is 478 g/mol. The highest BCUT2D eigenvalue weighted by Gasteiger charge is 2.42. The van der Waals surface area contributed by atoms with E-state index in [0.29, 0.717) is 22.3 Å². The molecule has 0 bridgehead atoms. The fourth-order valence-corrected chi connectivity index (χ4v) is 4.55. The fourth-order valence-electron chi connectivity index (χ4n) is 4.25. The molecule has 3 aromatic carbocycles. The Morgan fingerprint density at radius 1 is 1.00 bits per heavy atom.